The van der Waals surface area contributed by atoms with Gasteiger partial charge in [0.2, 0.25) is 5.91 Å². The molecule has 1 atom stereocenters. The minimum atomic E-state index is -4.46. The van der Waals surface area contributed by atoms with Crippen LogP contribution in [0.15, 0.2) is 18.3 Å². The van der Waals surface area contributed by atoms with Crippen LogP contribution in [0, 0.1) is 5.41 Å². The van der Waals surface area contributed by atoms with E-state index in [1.165, 1.54) is 12.3 Å². The molecule has 4 nitrogen and oxygen atoms in total. The Balaban J connectivity index is 1.70. The zero-order valence-corrected chi connectivity index (χ0v) is 14.4. The first-order valence-electron chi connectivity index (χ1n) is 7.51. The van der Waals surface area contributed by atoms with Crippen LogP contribution >= 0.6 is 23.2 Å². The largest absolute Gasteiger partial charge is 0.419 e. The van der Waals surface area contributed by atoms with E-state index in [9.17, 15) is 18.0 Å². The van der Waals surface area contributed by atoms with Crippen molar-refractivity contribution in [3.63, 3.8) is 0 Å². The molecule has 2 heterocycles. The molecule has 24 heavy (non-hydrogen) atoms. The number of hydrogen-bond donors (Lipinski definition) is 0. The number of nitrogens with zero attached hydrogens (tertiary/aromatic N) is 3. The highest BCUT2D eigenvalue weighted by atomic mass is 35.5. The average Bonchev–Trinajstić information content (AvgIpc) is 3.05. The van der Waals surface area contributed by atoms with Crippen molar-refractivity contribution in [3.8, 4) is 0 Å². The lowest BCUT2D eigenvalue weighted by molar-refractivity contribution is -0.138. The number of amides is 1. The van der Waals surface area contributed by atoms with E-state index in [1.54, 1.807) is 16.7 Å². The molecule has 0 N–H and O–H groups in total. The fourth-order valence-electron chi connectivity index (χ4n) is 2.97. The SMILES string of the molecule is CC1(C(=O)N2CCN(c3ncccc3C(F)(F)F)CC2)CC1(Cl)Cl. The molecule has 0 spiro atoms. The Morgan fingerprint density at radius 2 is 1.83 bits per heavy atom. The van der Waals surface area contributed by atoms with Gasteiger partial charge in [0.25, 0.3) is 0 Å². The number of alkyl halides is 5. The van der Waals surface area contributed by atoms with Gasteiger partial charge in [0.1, 0.15) is 10.2 Å². The minimum Gasteiger partial charge on any atom is -0.353 e. The normalized spacial score (nSPS) is 26.4. The average molecular weight is 382 g/mol. The molecule has 0 aromatic carbocycles. The number of piperazine rings is 1. The van der Waals surface area contributed by atoms with Crippen LogP contribution in [0.2, 0.25) is 0 Å². The quantitative estimate of drug-likeness (QED) is 0.737. The fraction of sp³-hybridized carbons (Fsp3) is 0.600. The second-order valence-electron chi connectivity index (χ2n) is 6.36. The van der Waals surface area contributed by atoms with Gasteiger partial charge in [0.15, 0.2) is 0 Å². The van der Waals surface area contributed by atoms with Gasteiger partial charge in [-0.05, 0) is 25.5 Å². The Kier molecular flexibility index (Phi) is 4.15. The van der Waals surface area contributed by atoms with Crippen LogP contribution in [0.25, 0.3) is 0 Å². The van der Waals surface area contributed by atoms with Gasteiger partial charge >= 0.3 is 6.18 Å². The zero-order chi connectivity index (χ0) is 17.8. The Labute approximate surface area is 147 Å². The lowest BCUT2D eigenvalue weighted by atomic mass is 10.1. The summed E-state index contributed by atoms with van der Waals surface area (Å²) in [6, 6.07) is 2.28. The minimum absolute atomic E-state index is 0.0984. The van der Waals surface area contributed by atoms with Gasteiger partial charge in [-0.1, -0.05) is 0 Å². The third kappa shape index (κ3) is 2.92. The summed E-state index contributed by atoms with van der Waals surface area (Å²) in [4.78, 5) is 19.6. The van der Waals surface area contributed by atoms with Crippen LogP contribution in [-0.2, 0) is 11.0 Å². The Morgan fingerprint density at radius 1 is 1.25 bits per heavy atom. The maximum Gasteiger partial charge on any atom is 0.419 e. The lowest BCUT2D eigenvalue weighted by Gasteiger charge is -2.37. The number of rotatable bonds is 2. The predicted octanol–water partition coefficient (Wildman–Crippen LogP) is 3.33. The van der Waals surface area contributed by atoms with Crippen molar-refractivity contribution in [2.45, 2.75) is 23.9 Å². The first-order chi connectivity index (χ1) is 11.1. The third-order valence-electron chi connectivity index (χ3n) is 4.69. The highest BCUT2D eigenvalue weighted by Gasteiger charge is 2.68. The number of carbonyl (C=O) groups is 1. The van der Waals surface area contributed by atoms with E-state index >= 15 is 0 Å². The first-order valence-corrected chi connectivity index (χ1v) is 8.26. The molecule has 2 fully saturated rings. The van der Waals surface area contributed by atoms with Crippen molar-refractivity contribution < 1.29 is 18.0 Å². The molecular formula is C15H16Cl2F3N3O. The highest BCUT2D eigenvalue weighted by Crippen LogP contribution is 2.64. The molecule has 1 aromatic rings. The van der Waals surface area contributed by atoms with E-state index in [0.717, 1.165) is 6.07 Å². The number of halogens is 5. The highest BCUT2D eigenvalue weighted by molar-refractivity contribution is 6.53. The van der Waals surface area contributed by atoms with Crippen molar-refractivity contribution in [2.24, 2.45) is 5.41 Å². The van der Waals surface area contributed by atoms with E-state index in [0.29, 0.717) is 19.5 Å². The van der Waals surface area contributed by atoms with Crippen LogP contribution < -0.4 is 4.90 Å². The van der Waals surface area contributed by atoms with E-state index in [2.05, 4.69) is 4.98 Å². The second kappa shape index (κ2) is 5.66. The standard InChI is InChI=1S/C15H16Cl2F3N3O/c1-13(9-14(13,16)17)12(24)23-7-5-22(6-8-23)11-10(15(18,19)20)3-2-4-21-11/h2-4H,5-9H2,1H3. The summed E-state index contributed by atoms with van der Waals surface area (Å²) in [5, 5.41) is 0. The van der Waals surface area contributed by atoms with Crippen LogP contribution in [0.1, 0.15) is 18.9 Å². The molecule has 1 aliphatic carbocycles. The second-order valence-corrected chi connectivity index (χ2v) is 7.85. The Morgan fingerprint density at radius 3 is 2.33 bits per heavy atom. The maximum absolute atomic E-state index is 13.1. The molecule has 9 heteroatoms. The Hall–Kier alpha value is -1.21. The number of hydrogen-bond acceptors (Lipinski definition) is 3. The number of aromatic nitrogens is 1. The summed E-state index contributed by atoms with van der Waals surface area (Å²) in [6.07, 6.45) is -2.74. The van der Waals surface area contributed by atoms with Gasteiger partial charge in [-0.25, -0.2) is 4.98 Å². The molecule has 1 saturated carbocycles. The lowest BCUT2D eigenvalue weighted by Crippen LogP contribution is -2.51. The van der Waals surface area contributed by atoms with E-state index in [-0.39, 0.29) is 24.8 Å². The van der Waals surface area contributed by atoms with Crippen molar-refractivity contribution in [3.05, 3.63) is 23.9 Å². The molecule has 132 valence electrons. The summed E-state index contributed by atoms with van der Waals surface area (Å²) in [7, 11) is 0. The van der Waals surface area contributed by atoms with E-state index < -0.39 is 21.5 Å². The van der Waals surface area contributed by atoms with E-state index in [1.807, 2.05) is 0 Å². The fourth-order valence-corrected chi connectivity index (χ4v) is 3.67. The summed E-state index contributed by atoms with van der Waals surface area (Å²) < 4.78 is 38.2. The molecule has 1 unspecified atom stereocenters. The third-order valence-corrected chi connectivity index (χ3v) is 5.79. The van der Waals surface area contributed by atoms with Crippen LogP contribution in [0.3, 0.4) is 0 Å². The first kappa shape index (κ1) is 17.6. The van der Waals surface area contributed by atoms with E-state index in [4.69, 9.17) is 23.2 Å². The van der Waals surface area contributed by atoms with Gasteiger partial charge in [-0.15, -0.1) is 23.2 Å². The number of carbonyl (C=O) groups excluding carboxylic acids is 1. The summed E-state index contributed by atoms with van der Waals surface area (Å²) in [6.45, 7) is 2.89. The predicted molar refractivity (Wildman–Crippen MR) is 85.2 cm³/mol. The summed E-state index contributed by atoms with van der Waals surface area (Å²) in [5.41, 5.74) is -1.57. The molecule has 1 aromatic heterocycles. The van der Waals surface area contributed by atoms with Gasteiger partial charge in [0, 0.05) is 32.4 Å². The molecule has 1 aliphatic heterocycles. The van der Waals surface area contributed by atoms with Gasteiger partial charge in [-0.3, -0.25) is 4.79 Å². The molecule has 0 bridgehead atoms. The smallest absolute Gasteiger partial charge is 0.353 e. The van der Waals surface area contributed by atoms with Gasteiger partial charge < -0.3 is 9.80 Å². The zero-order valence-electron chi connectivity index (χ0n) is 12.9. The molecule has 2 aliphatic rings. The van der Waals surface area contributed by atoms with Crippen LogP contribution in [-0.4, -0.2) is 46.3 Å². The monoisotopic (exact) mass is 381 g/mol. The van der Waals surface area contributed by atoms with Crippen molar-refractivity contribution in [1.29, 1.82) is 0 Å². The molecule has 1 amide bonds. The van der Waals surface area contributed by atoms with Crippen LogP contribution in [0.5, 0.6) is 0 Å². The summed E-state index contributed by atoms with van der Waals surface area (Å²) in [5.74, 6) is -0.247. The van der Waals surface area contributed by atoms with Crippen molar-refractivity contribution in [1.82, 2.24) is 9.88 Å². The maximum atomic E-state index is 13.1. The number of pyridine rings is 1. The van der Waals surface area contributed by atoms with Gasteiger partial charge in [0.05, 0.1) is 11.0 Å². The summed E-state index contributed by atoms with van der Waals surface area (Å²) >= 11 is 12.1. The molecule has 0 radical (unpaired) electrons. The molecular weight excluding hydrogens is 366 g/mol. The topological polar surface area (TPSA) is 36.4 Å². The van der Waals surface area contributed by atoms with Crippen molar-refractivity contribution >= 4 is 34.9 Å². The van der Waals surface area contributed by atoms with Crippen LogP contribution in [0.4, 0.5) is 19.0 Å². The van der Waals surface area contributed by atoms with Gasteiger partial charge in [-0.2, -0.15) is 13.2 Å². The molecule has 1 saturated heterocycles. The number of anilines is 1. The molecule has 3 rings (SSSR count). The Bertz CT molecular complexity index is 660. The van der Waals surface area contributed by atoms with Crippen molar-refractivity contribution in [2.75, 3.05) is 31.1 Å².